The number of rotatable bonds is 6. The van der Waals surface area contributed by atoms with Gasteiger partial charge in [-0.25, -0.2) is 9.97 Å². The van der Waals surface area contributed by atoms with E-state index < -0.39 is 0 Å². The lowest BCUT2D eigenvalue weighted by atomic mass is 10.0. The number of benzene rings is 1. The van der Waals surface area contributed by atoms with Crippen molar-refractivity contribution < 1.29 is 4.79 Å². The Bertz CT molecular complexity index is 1280. The van der Waals surface area contributed by atoms with E-state index in [4.69, 9.17) is 0 Å². The highest BCUT2D eigenvalue weighted by molar-refractivity contribution is 7.18. The maximum Gasteiger partial charge on any atom is 0.251 e. The van der Waals surface area contributed by atoms with Gasteiger partial charge in [0.15, 0.2) is 5.82 Å². The van der Waals surface area contributed by atoms with Crippen LogP contribution in [0.25, 0.3) is 22.4 Å². The van der Waals surface area contributed by atoms with Crippen molar-refractivity contribution in [2.45, 2.75) is 45.6 Å². The van der Waals surface area contributed by atoms with Gasteiger partial charge < -0.3 is 10.6 Å². The maximum absolute atomic E-state index is 12.4. The Morgan fingerprint density at radius 1 is 1.09 bits per heavy atom. The Hall–Kier alpha value is -3.25. The zero-order valence-electron chi connectivity index (χ0n) is 18.3. The molecule has 0 bridgehead atoms. The number of nitrogens with zero attached hydrogens (tertiary/aromatic N) is 2. The molecule has 6 heteroatoms. The number of nitrogens with one attached hydrogen (secondary N) is 2. The summed E-state index contributed by atoms with van der Waals surface area (Å²) < 4.78 is 1.05. The summed E-state index contributed by atoms with van der Waals surface area (Å²) in [4.78, 5) is 21.4. The third-order valence-corrected chi connectivity index (χ3v) is 6.91. The Kier molecular flexibility index (Phi) is 5.62. The number of aromatic nitrogens is 2. The predicted molar refractivity (Wildman–Crippen MR) is 133 cm³/mol. The van der Waals surface area contributed by atoms with Gasteiger partial charge in [-0.2, -0.15) is 0 Å². The number of hydrogen-bond acceptors (Lipinski definition) is 5. The van der Waals surface area contributed by atoms with Crippen LogP contribution in [0.1, 0.15) is 59.7 Å². The zero-order chi connectivity index (χ0) is 22.1. The smallest absolute Gasteiger partial charge is 0.251 e. The largest absolute Gasteiger partial charge is 0.349 e. The van der Waals surface area contributed by atoms with Crippen molar-refractivity contribution in [3.63, 3.8) is 0 Å². The molecule has 1 amide bonds. The second-order valence-electron chi connectivity index (χ2n) is 8.57. The van der Waals surface area contributed by atoms with Gasteiger partial charge in [-0.15, -0.1) is 11.3 Å². The number of allylic oxidation sites excluding steroid dienone is 4. The molecular weight excluding hydrogens is 416 g/mol. The molecule has 0 unspecified atom stereocenters. The number of amides is 1. The first-order chi connectivity index (χ1) is 15.6. The van der Waals surface area contributed by atoms with Gasteiger partial charge in [-0.3, -0.25) is 4.79 Å². The fourth-order valence-corrected chi connectivity index (χ4v) is 4.64. The second-order valence-corrected chi connectivity index (χ2v) is 9.45. The van der Waals surface area contributed by atoms with Gasteiger partial charge in [-0.1, -0.05) is 29.9 Å². The molecule has 0 radical (unpaired) electrons. The second kappa shape index (κ2) is 8.71. The third-order valence-electron chi connectivity index (χ3n) is 5.91. The van der Waals surface area contributed by atoms with Gasteiger partial charge in [0.25, 0.3) is 5.91 Å². The normalized spacial score (nSPS) is 16.2. The first-order valence-corrected chi connectivity index (χ1v) is 11.9. The van der Waals surface area contributed by atoms with E-state index in [1.807, 2.05) is 18.2 Å². The van der Waals surface area contributed by atoms with Gasteiger partial charge in [0.2, 0.25) is 0 Å². The van der Waals surface area contributed by atoms with Gasteiger partial charge in [-0.05, 0) is 68.9 Å². The van der Waals surface area contributed by atoms with E-state index in [-0.39, 0.29) is 5.91 Å². The maximum atomic E-state index is 12.4. The van der Waals surface area contributed by atoms with Crippen LogP contribution in [0.2, 0.25) is 0 Å². The zero-order valence-corrected chi connectivity index (χ0v) is 19.1. The number of carbonyl (C=O) groups excluding carboxylic acids is 1. The average Bonchev–Trinajstić information content (AvgIpc) is 3.51. The molecule has 2 aromatic heterocycles. The van der Waals surface area contributed by atoms with Crippen molar-refractivity contribution in [2.75, 3.05) is 5.32 Å². The monoisotopic (exact) mass is 442 g/mol. The molecule has 0 atom stereocenters. The van der Waals surface area contributed by atoms with E-state index in [1.54, 1.807) is 17.7 Å². The van der Waals surface area contributed by atoms with E-state index in [1.165, 1.54) is 11.3 Å². The SMILES string of the molecule is CC1=CC=C(Nc2ncnc3c(/C=C/c4cc(C(=O)NC5CC5)ccc4C)csc23)CC1. The third kappa shape index (κ3) is 4.50. The van der Waals surface area contributed by atoms with Crippen molar-refractivity contribution in [2.24, 2.45) is 0 Å². The Balaban J connectivity index is 1.39. The average molecular weight is 443 g/mol. The summed E-state index contributed by atoms with van der Waals surface area (Å²) in [6.07, 6.45) is 14.3. The summed E-state index contributed by atoms with van der Waals surface area (Å²) in [6, 6.07) is 6.22. The molecular formula is C26H26N4OS. The van der Waals surface area contributed by atoms with Crippen molar-refractivity contribution in [3.05, 3.63) is 75.6 Å². The first-order valence-electron chi connectivity index (χ1n) is 11.0. The molecule has 32 heavy (non-hydrogen) atoms. The van der Waals surface area contributed by atoms with E-state index in [0.29, 0.717) is 11.6 Å². The molecule has 5 nitrogen and oxygen atoms in total. The lowest BCUT2D eigenvalue weighted by Gasteiger charge is -2.14. The Labute approximate surface area is 192 Å². The van der Waals surface area contributed by atoms with E-state index in [0.717, 1.165) is 58.4 Å². The van der Waals surface area contributed by atoms with Gasteiger partial charge in [0.05, 0.1) is 10.2 Å². The summed E-state index contributed by atoms with van der Waals surface area (Å²) in [5.74, 6) is 0.863. The number of fused-ring (bicyclic) bond motifs is 1. The molecule has 0 spiro atoms. The number of anilines is 1. The minimum absolute atomic E-state index is 0.00801. The molecule has 0 aliphatic heterocycles. The number of thiophene rings is 1. The van der Waals surface area contributed by atoms with Crippen LogP contribution in [0, 0.1) is 6.92 Å². The van der Waals surface area contributed by atoms with E-state index >= 15 is 0 Å². The van der Waals surface area contributed by atoms with Crippen LogP contribution in [-0.4, -0.2) is 21.9 Å². The fourth-order valence-electron chi connectivity index (χ4n) is 3.71. The number of hydrogen-bond donors (Lipinski definition) is 2. The van der Waals surface area contributed by atoms with Gasteiger partial charge in [0, 0.05) is 28.2 Å². The summed E-state index contributed by atoms with van der Waals surface area (Å²) >= 11 is 1.65. The van der Waals surface area contributed by atoms with E-state index in [9.17, 15) is 4.79 Å². The molecule has 2 N–H and O–H groups in total. The van der Waals surface area contributed by atoms with Crippen molar-refractivity contribution in [3.8, 4) is 0 Å². The molecule has 2 aliphatic rings. The molecule has 2 aliphatic carbocycles. The Morgan fingerprint density at radius 3 is 2.72 bits per heavy atom. The van der Waals surface area contributed by atoms with Crippen molar-refractivity contribution >= 4 is 45.4 Å². The van der Waals surface area contributed by atoms with Crippen LogP contribution < -0.4 is 10.6 Å². The quantitative estimate of drug-likeness (QED) is 0.484. The lowest BCUT2D eigenvalue weighted by Crippen LogP contribution is -2.25. The van der Waals surface area contributed by atoms with Gasteiger partial charge in [0.1, 0.15) is 6.33 Å². The summed E-state index contributed by atoms with van der Waals surface area (Å²) in [5.41, 5.74) is 7.44. The number of aryl methyl sites for hydroxylation is 1. The fraction of sp³-hybridized carbons (Fsp3) is 0.269. The molecule has 5 rings (SSSR count). The highest BCUT2D eigenvalue weighted by atomic mass is 32.1. The number of carbonyl (C=O) groups is 1. The molecule has 1 aromatic carbocycles. The highest BCUT2D eigenvalue weighted by Crippen LogP contribution is 2.32. The Morgan fingerprint density at radius 2 is 1.94 bits per heavy atom. The lowest BCUT2D eigenvalue weighted by molar-refractivity contribution is 0.0951. The summed E-state index contributed by atoms with van der Waals surface area (Å²) in [6.45, 7) is 4.22. The molecule has 0 saturated heterocycles. The van der Waals surface area contributed by atoms with Crippen LogP contribution in [0.5, 0.6) is 0 Å². The topological polar surface area (TPSA) is 66.9 Å². The molecule has 3 aromatic rings. The highest BCUT2D eigenvalue weighted by Gasteiger charge is 2.23. The molecule has 1 saturated carbocycles. The predicted octanol–water partition coefficient (Wildman–Crippen LogP) is 6.10. The first kappa shape index (κ1) is 20.6. The van der Waals surface area contributed by atoms with E-state index in [2.05, 4.69) is 64.1 Å². The van der Waals surface area contributed by atoms with Gasteiger partial charge >= 0.3 is 0 Å². The van der Waals surface area contributed by atoms with Crippen LogP contribution >= 0.6 is 11.3 Å². The van der Waals surface area contributed by atoms with Crippen LogP contribution in [0.4, 0.5) is 5.82 Å². The van der Waals surface area contributed by atoms with Crippen molar-refractivity contribution in [1.82, 2.24) is 15.3 Å². The van der Waals surface area contributed by atoms with Crippen LogP contribution in [0.15, 0.2) is 53.3 Å². The van der Waals surface area contributed by atoms with Crippen molar-refractivity contribution in [1.29, 1.82) is 0 Å². The summed E-state index contributed by atoms with van der Waals surface area (Å²) in [5, 5.41) is 8.66. The molecule has 2 heterocycles. The standard InChI is InChI=1S/C26H26N4OS/c1-16-3-9-21(10-4-16)29-25-24-23(27-15-28-25)20(14-32-24)8-7-18-13-19(6-5-17(18)2)26(31)30-22-11-12-22/h3,5-9,13-15,22H,4,10-12H2,1-2H3,(H,30,31)(H,27,28,29)/b8-7+. The minimum Gasteiger partial charge on any atom is -0.349 e. The summed E-state index contributed by atoms with van der Waals surface area (Å²) in [7, 11) is 0. The molecule has 162 valence electrons. The van der Waals surface area contributed by atoms with Crippen LogP contribution in [-0.2, 0) is 0 Å². The van der Waals surface area contributed by atoms with Crippen LogP contribution in [0.3, 0.4) is 0 Å². The molecule has 1 fully saturated rings. The minimum atomic E-state index is 0.00801.